The number of piperazine rings is 1. The second-order valence-corrected chi connectivity index (χ2v) is 7.37. The van der Waals surface area contributed by atoms with E-state index < -0.39 is 0 Å². The molecule has 3 aliphatic heterocycles. The van der Waals surface area contributed by atoms with Gasteiger partial charge in [0.2, 0.25) is 5.91 Å². The van der Waals surface area contributed by atoms with Gasteiger partial charge in [0.1, 0.15) is 17.5 Å². The molecule has 7 nitrogen and oxygen atoms in total. The van der Waals surface area contributed by atoms with Gasteiger partial charge in [-0.1, -0.05) is 0 Å². The van der Waals surface area contributed by atoms with Crippen molar-refractivity contribution in [3.05, 3.63) is 29.8 Å². The van der Waals surface area contributed by atoms with Crippen molar-refractivity contribution in [2.24, 2.45) is 0 Å². The highest BCUT2D eigenvalue weighted by molar-refractivity contribution is 5.95. The maximum absolute atomic E-state index is 13.1. The van der Waals surface area contributed by atoms with Crippen LogP contribution in [0.1, 0.15) is 30.1 Å². The molecule has 146 valence electrons. The molecule has 3 saturated heterocycles. The van der Waals surface area contributed by atoms with Crippen molar-refractivity contribution in [1.29, 1.82) is 0 Å². The lowest BCUT2D eigenvalue weighted by molar-refractivity contribution is -0.135. The van der Waals surface area contributed by atoms with E-state index in [9.17, 15) is 9.59 Å². The summed E-state index contributed by atoms with van der Waals surface area (Å²) in [5.41, 5.74) is 0.395. The summed E-state index contributed by atoms with van der Waals surface area (Å²) >= 11 is 0. The summed E-state index contributed by atoms with van der Waals surface area (Å²) in [4.78, 5) is 32.2. The van der Waals surface area contributed by atoms with Crippen molar-refractivity contribution in [1.82, 2.24) is 14.7 Å². The minimum atomic E-state index is -0.251. The van der Waals surface area contributed by atoms with E-state index in [1.165, 1.54) is 0 Å². The van der Waals surface area contributed by atoms with Crippen molar-refractivity contribution in [3.8, 4) is 5.75 Å². The number of rotatable bonds is 3. The molecule has 0 radical (unpaired) electrons. The summed E-state index contributed by atoms with van der Waals surface area (Å²) in [6.07, 6.45) is 1.69. The number of amides is 2. The second kappa shape index (κ2) is 7.13. The summed E-state index contributed by atoms with van der Waals surface area (Å²) in [5.74, 6) is 0.843. The third kappa shape index (κ3) is 2.89. The number of hydrogen-bond acceptors (Lipinski definition) is 5. The van der Waals surface area contributed by atoms with Crippen LogP contribution < -0.4 is 4.74 Å². The summed E-state index contributed by atoms with van der Waals surface area (Å²) in [5, 5.41) is 0. The van der Waals surface area contributed by atoms with Crippen molar-refractivity contribution in [2.75, 3.05) is 46.5 Å². The predicted molar refractivity (Wildman–Crippen MR) is 99.6 cm³/mol. The number of ether oxygens (including phenoxy) is 2. The molecule has 3 aliphatic rings. The molecular weight excluding hydrogens is 346 g/mol. The molecule has 0 aromatic heterocycles. The molecule has 27 heavy (non-hydrogen) atoms. The second-order valence-electron chi connectivity index (χ2n) is 7.37. The third-order valence-corrected chi connectivity index (χ3v) is 6.20. The maximum atomic E-state index is 13.1. The van der Waals surface area contributed by atoms with E-state index in [0.29, 0.717) is 38.4 Å². The monoisotopic (exact) mass is 373 g/mol. The summed E-state index contributed by atoms with van der Waals surface area (Å²) in [7, 11) is 1.60. The molecule has 1 spiro atoms. The van der Waals surface area contributed by atoms with Gasteiger partial charge in [-0.25, -0.2) is 0 Å². The molecule has 0 aliphatic carbocycles. The van der Waals surface area contributed by atoms with Crippen molar-refractivity contribution in [2.45, 2.75) is 31.5 Å². The largest absolute Gasteiger partial charge is 0.497 e. The SMILES string of the molecule is CCN1C(=O)[C@H]2CN(C(=O)c3ccc(OC)cc3)CCN2C12CCOCC2. The highest BCUT2D eigenvalue weighted by Crippen LogP contribution is 2.41. The molecule has 7 heteroatoms. The van der Waals surface area contributed by atoms with Crippen molar-refractivity contribution >= 4 is 11.8 Å². The Labute approximate surface area is 159 Å². The number of methoxy groups -OCH3 is 1. The fourth-order valence-corrected chi connectivity index (χ4v) is 4.84. The molecule has 3 heterocycles. The van der Waals surface area contributed by atoms with E-state index in [1.54, 1.807) is 31.4 Å². The van der Waals surface area contributed by atoms with Gasteiger partial charge in [0.25, 0.3) is 5.91 Å². The highest BCUT2D eigenvalue weighted by Gasteiger charge is 2.57. The lowest BCUT2D eigenvalue weighted by Crippen LogP contribution is -2.62. The standard InChI is InChI=1S/C20H27N3O4/c1-3-22-19(25)17-14-21(18(24)15-4-6-16(26-2)7-5-15)10-11-23(17)20(22)8-12-27-13-9-20/h4-7,17H,3,8-14H2,1-2H3/t17-/m1/s1. The van der Waals surface area contributed by atoms with E-state index >= 15 is 0 Å². The molecule has 0 saturated carbocycles. The van der Waals surface area contributed by atoms with Crippen LogP contribution >= 0.6 is 0 Å². The first-order valence-electron chi connectivity index (χ1n) is 9.70. The molecule has 3 fully saturated rings. The number of benzene rings is 1. The molecule has 1 atom stereocenters. The van der Waals surface area contributed by atoms with E-state index in [-0.39, 0.29) is 23.5 Å². The fraction of sp³-hybridized carbons (Fsp3) is 0.600. The molecule has 4 rings (SSSR count). The lowest BCUT2D eigenvalue weighted by atomic mass is 9.96. The molecule has 1 aromatic carbocycles. The Kier molecular flexibility index (Phi) is 4.82. The van der Waals surface area contributed by atoms with Crippen LogP contribution in [0, 0.1) is 0 Å². The molecular formula is C20H27N3O4. The van der Waals surface area contributed by atoms with Gasteiger partial charge in [-0.3, -0.25) is 14.5 Å². The van der Waals surface area contributed by atoms with Crippen LogP contribution in [-0.4, -0.2) is 84.7 Å². The number of fused-ring (bicyclic) bond motifs is 2. The summed E-state index contributed by atoms with van der Waals surface area (Å²) in [6, 6.07) is 6.89. The third-order valence-electron chi connectivity index (χ3n) is 6.20. The predicted octanol–water partition coefficient (Wildman–Crippen LogP) is 1.19. The molecule has 1 aromatic rings. The minimum absolute atomic E-state index is 0.0268. The number of carbonyl (C=O) groups is 2. The van der Waals surface area contributed by atoms with Crippen molar-refractivity contribution < 1.29 is 19.1 Å². The van der Waals surface area contributed by atoms with Gasteiger partial charge in [0, 0.05) is 44.6 Å². The number of likely N-dealkylation sites (N-methyl/N-ethyl adjacent to an activating group) is 1. The van der Waals surface area contributed by atoms with Crippen LogP contribution in [0.3, 0.4) is 0 Å². The van der Waals surface area contributed by atoms with Crippen LogP contribution in [0.2, 0.25) is 0 Å². The Bertz CT molecular complexity index is 714. The average Bonchev–Trinajstić information content (AvgIpc) is 2.95. The topological polar surface area (TPSA) is 62.3 Å². The van der Waals surface area contributed by atoms with Gasteiger partial charge < -0.3 is 19.3 Å². The Morgan fingerprint density at radius 1 is 1.22 bits per heavy atom. The normalized spacial score (nSPS) is 25.0. The van der Waals surface area contributed by atoms with Gasteiger partial charge in [-0.2, -0.15) is 0 Å². The smallest absolute Gasteiger partial charge is 0.253 e. The first kappa shape index (κ1) is 18.3. The molecule has 2 amide bonds. The molecule has 0 unspecified atom stereocenters. The maximum Gasteiger partial charge on any atom is 0.253 e. The zero-order valence-corrected chi connectivity index (χ0v) is 16.0. The van der Waals surface area contributed by atoms with E-state index in [0.717, 1.165) is 25.1 Å². The van der Waals surface area contributed by atoms with Crippen LogP contribution in [0.25, 0.3) is 0 Å². The van der Waals surface area contributed by atoms with Crippen LogP contribution in [-0.2, 0) is 9.53 Å². The van der Waals surface area contributed by atoms with Crippen LogP contribution in [0.4, 0.5) is 0 Å². The highest BCUT2D eigenvalue weighted by atomic mass is 16.5. The van der Waals surface area contributed by atoms with E-state index in [2.05, 4.69) is 4.90 Å². The Morgan fingerprint density at radius 3 is 2.56 bits per heavy atom. The Balaban J connectivity index is 1.54. The van der Waals surface area contributed by atoms with E-state index in [1.807, 2.05) is 16.7 Å². The zero-order chi connectivity index (χ0) is 19.0. The Morgan fingerprint density at radius 2 is 1.93 bits per heavy atom. The van der Waals surface area contributed by atoms with Gasteiger partial charge in [-0.05, 0) is 31.2 Å². The van der Waals surface area contributed by atoms with Gasteiger partial charge in [0.05, 0.1) is 20.3 Å². The number of hydrogen-bond donors (Lipinski definition) is 0. The average molecular weight is 373 g/mol. The van der Waals surface area contributed by atoms with Gasteiger partial charge >= 0.3 is 0 Å². The molecule has 0 N–H and O–H groups in total. The first-order chi connectivity index (χ1) is 13.1. The fourth-order valence-electron chi connectivity index (χ4n) is 4.84. The first-order valence-corrected chi connectivity index (χ1v) is 9.70. The quantitative estimate of drug-likeness (QED) is 0.797. The zero-order valence-electron chi connectivity index (χ0n) is 16.0. The number of nitrogens with zero attached hydrogens (tertiary/aromatic N) is 3. The van der Waals surface area contributed by atoms with Crippen LogP contribution in [0.15, 0.2) is 24.3 Å². The lowest BCUT2D eigenvalue weighted by Gasteiger charge is -2.48. The number of carbonyl (C=O) groups excluding carboxylic acids is 2. The van der Waals surface area contributed by atoms with E-state index in [4.69, 9.17) is 9.47 Å². The Hall–Kier alpha value is -2.12. The van der Waals surface area contributed by atoms with Gasteiger partial charge in [0.15, 0.2) is 0 Å². The summed E-state index contributed by atoms with van der Waals surface area (Å²) in [6.45, 7) is 5.89. The molecule has 0 bridgehead atoms. The van der Waals surface area contributed by atoms with Gasteiger partial charge in [-0.15, -0.1) is 0 Å². The minimum Gasteiger partial charge on any atom is -0.497 e. The summed E-state index contributed by atoms with van der Waals surface area (Å²) < 4.78 is 10.7. The van der Waals surface area contributed by atoms with Crippen molar-refractivity contribution in [3.63, 3.8) is 0 Å². The van der Waals surface area contributed by atoms with Crippen LogP contribution in [0.5, 0.6) is 5.75 Å².